The zero-order chi connectivity index (χ0) is 15.0. The van der Waals surface area contributed by atoms with Crippen LogP contribution < -0.4 is 16.0 Å². The number of carbonyl (C=O) groups is 2. The third kappa shape index (κ3) is 2.53. The summed E-state index contributed by atoms with van der Waals surface area (Å²) >= 11 is 0. The van der Waals surface area contributed by atoms with Crippen LogP contribution in [0.3, 0.4) is 0 Å². The molecule has 0 fully saturated rings. The minimum atomic E-state index is -0.565. The van der Waals surface area contributed by atoms with E-state index in [2.05, 4.69) is 20.3 Å². The second-order valence-corrected chi connectivity index (χ2v) is 4.43. The van der Waals surface area contributed by atoms with E-state index in [1.165, 1.54) is 25.1 Å². The highest BCUT2D eigenvalue weighted by molar-refractivity contribution is 6.02. The third-order valence-electron chi connectivity index (χ3n) is 2.92. The number of rotatable bonds is 2. The van der Waals surface area contributed by atoms with Crippen molar-refractivity contribution in [3.05, 3.63) is 58.3 Å². The van der Waals surface area contributed by atoms with Crippen LogP contribution >= 0.6 is 0 Å². The van der Waals surface area contributed by atoms with E-state index >= 15 is 0 Å². The summed E-state index contributed by atoms with van der Waals surface area (Å²) in [6.07, 6.45) is 0. The number of carbonyl (C=O) groups excluding carboxylic acids is 2. The zero-order valence-corrected chi connectivity index (χ0v) is 10.9. The van der Waals surface area contributed by atoms with Gasteiger partial charge in [-0.1, -0.05) is 0 Å². The molecule has 0 spiro atoms. The molecule has 1 N–H and O–H groups in total. The summed E-state index contributed by atoms with van der Waals surface area (Å²) < 4.78 is 13.1. The molecule has 2 heterocycles. The molecule has 0 saturated heterocycles. The fraction of sp³-hybridized carbons (Fsp3) is 0.0714. The highest BCUT2D eigenvalue weighted by Crippen LogP contribution is 2.08. The zero-order valence-electron chi connectivity index (χ0n) is 10.9. The van der Waals surface area contributed by atoms with Gasteiger partial charge >= 0.3 is 6.03 Å². The van der Waals surface area contributed by atoms with Gasteiger partial charge in [0.15, 0.2) is 0 Å². The van der Waals surface area contributed by atoms with E-state index in [0.29, 0.717) is 16.4 Å². The molecule has 1 aromatic heterocycles. The van der Waals surface area contributed by atoms with Crippen molar-refractivity contribution in [3.8, 4) is 0 Å². The summed E-state index contributed by atoms with van der Waals surface area (Å²) in [7, 11) is 0. The minimum Gasteiger partial charge on any atom is -0.321 e. The van der Waals surface area contributed by atoms with Crippen molar-refractivity contribution in [1.29, 1.82) is 0 Å². The number of benzene rings is 1. The van der Waals surface area contributed by atoms with E-state index in [4.69, 9.17) is 0 Å². The molecule has 7 heteroatoms. The van der Waals surface area contributed by atoms with E-state index in [1.54, 1.807) is 12.1 Å². The first-order valence-electron chi connectivity index (χ1n) is 6.09. The molecular weight excluding hydrogens is 275 g/mol. The van der Waals surface area contributed by atoms with Gasteiger partial charge in [-0.3, -0.25) is 4.79 Å². The monoisotopic (exact) mass is 284 g/mol. The largest absolute Gasteiger partial charge is 0.368 e. The van der Waals surface area contributed by atoms with Gasteiger partial charge in [0, 0.05) is 5.69 Å². The Balaban J connectivity index is 1.88. The Morgan fingerprint density at radius 2 is 1.90 bits per heavy atom. The van der Waals surface area contributed by atoms with Gasteiger partial charge in [-0.2, -0.15) is 9.98 Å². The maximum absolute atomic E-state index is 13.1. The number of halogens is 1. The number of nitrogens with zero attached hydrogens (tertiary/aromatic N) is 3. The third-order valence-corrected chi connectivity index (χ3v) is 2.92. The van der Waals surface area contributed by atoms with Gasteiger partial charge in [-0.25, -0.2) is 14.2 Å². The van der Waals surface area contributed by atoms with E-state index < -0.39 is 17.8 Å². The van der Waals surface area contributed by atoms with E-state index in [0.717, 1.165) is 0 Å². The topological polar surface area (TPSA) is 83.8 Å². The Labute approximate surface area is 118 Å². The summed E-state index contributed by atoms with van der Waals surface area (Å²) in [5, 5.41) is 3.48. The molecule has 3 rings (SSSR count). The molecular formula is C14H9FN4O2. The van der Waals surface area contributed by atoms with Crippen LogP contribution in [0.2, 0.25) is 0 Å². The first-order valence-corrected chi connectivity index (χ1v) is 6.09. The second-order valence-electron chi connectivity index (χ2n) is 4.43. The van der Waals surface area contributed by atoms with Crippen LogP contribution in [0.15, 0.2) is 40.3 Å². The van der Waals surface area contributed by atoms with Gasteiger partial charge < -0.3 is 5.32 Å². The second kappa shape index (κ2) is 4.86. The molecule has 1 aromatic carbocycles. The van der Waals surface area contributed by atoms with Crippen molar-refractivity contribution in [1.82, 2.24) is 4.98 Å². The van der Waals surface area contributed by atoms with Gasteiger partial charge in [0.2, 0.25) is 0 Å². The van der Waals surface area contributed by atoms with Gasteiger partial charge in [0.05, 0.1) is 16.4 Å². The van der Waals surface area contributed by atoms with Crippen LogP contribution in [0.5, 0.6) is 0 Å². The molecule has 21 heavy (non-hydrogen) atoms. The Kier molecular flexibility index (Phi) is 3.02. The fourth-order valence-corrected chi connectivity index (χ4v) is 1.88. The van der Waals surface area contributed by atoms with Gasteiger partial charge in [0.25, 0.3) is 5.91 Å². The van der Waals surface area contributed by atoms with Crippen molar-refractivity contribution < 1.29 is 14.0 Å². The number of hydrogen-bond donors (Lipinski definition) is 1. The van der Waals surface area contributed by atoms with E-state index in [1.807, 2.05) is 0 Å². The van der Waals surface area contributed by atoms with Crippen molar-refractivity contribution in [3.63, 3.8) is 0 Å². The minimum absolute atomic E-state index is 0.104. The van der Waals surface area contributed by atoms with Crippen molar-refractivity contribution >= 4 is 17.6 Å². The summed E-state index contributed by atoms with van der Waals surface area (Å²) in [5.41, 5.74) is 0.708. The lowest BCUT2D eigenvalue weighted by Crippen LogP contribution is -2.23. The molecule has 0 unspecified atom stereocenters. The number of anilines is 1. The highest BCUT2D eigenvalue weighted by Gasteiger charge is 2.11. The SMILES string of the molecule is Cc1nc(C(=O)Nc2ccc3c(c2)=NC(=O)N=3)ccc1F. The number of urea groups is 1. The molecule has 0 bridgehead atoms. The highest BCUT2D eigenvalue weighted by atomic mass is 19.1. The fourth-order valence-electron chi connectivity index (χ4n) is 1.88. The Hall–Kier alpha value is -2.96. The molecule has 0 saturated carbocycles. The average molecular weight is 284 g/mol. The van der Waals surface area contributed by atoms with E-state index in [-0.39, 0.29) is 11.4 Å². The van der Waals surface area contributed by atoms with Gasteiger partial charge in [-0.15, -0.1) is 0 Å². The number of aromatic nitrogens is 1. The molecule has 0 atom stereocenters. The molecule has 0 radical (unpaired) electrons. The summed E-state index contributed by atoms with van der Waals surface area (Å²) in [4.78, 5) is 34.3. The van der Waals surface area contributed by atoms with Crippen LogP contribution in [-0.2, 0) is 0 Å². The molecule has 0 aliphatic carbocycles. The summed E-state index contributed by atoms with van der Waals surface area (Å²) in [6.45, 7) is 1.48. The number of hydrogen-bond acceptors (Lipinski definition) is 3. The summed E-state index contributed by atoms with van der Waals surface area (Å²) in [6, 6.07) is 6.65. The predicted octanol–water partition coefficient (Wildman–Crippen LogP) is 1.15. The van der Waals surface area contributed by atoms with Crippen LogP contribution in [0, 0.1) is 12.7 Å². The number of nitrogens with one attached hydrogen (secondary N) is 1. The smallest absolute Gasteiger partial charge is 0.321 e. The van der Waals surface area contributed by atoms with Gasteiger partial charge in [0.1, 0.15) is 11.5 Å². The normalized spacial score (nSPS) is 12.4. The van der Waals surface area contributed by atoms with Crippen molar-refractivity contribution in [2.75, 3.05) is 5.32 Å². The summed E-state index contributed by atoms with van der Waals surface area (Å²) in [5.74, 6) is -0.942. The van der Waals surface area contributed by atoms with Crippen LogP contribution in [0.4, 0.5) is 14.9 Å². The number of aryl methyl sites for hydroxylation is 1. The van der Waals surface area contributed by atoms with Crippen molar-refractivity contribution in [2.24, 2.45) is 9.98 Å². The van der Waals surface area contributed by atoms with Gasteiger partial charge in [-0.05, 0) is 37.3 Å². The lowest BCUT2D eigenvalue weighted by molar-refractivity contribution is 0.102. The molecule has 3 amide bonds. The van der Waals surface area contributed by atoms with Crippen LogP contribution in [0.25, 0.3) is 0 Å². The first-order chi connectivity index (χ1) is 10.0. The quantitative estimate of drug-likeness (QED) is 0.898. The Morgan fingerprint density at radius 1 is 1.14 bits per heavy atom. The Bertz CT molecular complexity index is 892. The lowest BCUT2D eigenvalue weighted by atomic mass is 10.2. The number of fused-ring (bicyclic) bond motifs is 1. The maximum atomic E-state index is 13.1. The van der Waals surface area contributed by atoms with Crippen molar-refractivity contribution in [2.45, 2.75) is 6.92 Å². The lowest BCUT2D eigenvalue weighted by Gasteiger charge is -2.05. The van der Waals surface area contributed by atoms with Crippen LogP contribution in [-0.4, -0.2) is 16.9 Å². The first kappa shape index (κ1) is 13.0. The number of amides is 3. The number of pyridine rings is 1. The molecule has 1 aliphatic rings. The van der Waals surface area contributed by atoms with Crippen LogP contribution in [0.1, 0.15) is 16.2 Å². The molecule has 104 valence electrons. The molecule has 6 nitrogen and oxygen atoms in total. The average Bonchev–Trinajstić information content (AvgIpc) is 2.81. The molecule has 2 aromatic rings. The van der Waals surface area contributed by atoms with E-state index in [9.17, 15) is 14.0 Å². The Morgan fingerprint density at radius 3 is 2.67 bits per heavy atom. The standard InChI is InChI=1S/C14H9FN4O2/c1-7-9(15)3-5-11(16-7)13(20)17-8-2-4-10-12(6-8)19-14(21)18-10/h2-6H,1H3,(H,17,20). The molecule has 1 aliphatic heterocycles. The maximum Gasteiger partial charge on any atom is 0.368 e. The predicted molar refractivity (Wildman–Crippen MR) is 71.0 cm³/mol.